The Kier molecular flexibility index (Phi) is 4.46. The van der Waals surface area contributed by atoms with Crippen LogP contribution >= 0.6 is 11.3 Å². The summed E-state index contributed by atoms with van der Waals surface area (Å²) in [6, 6.07) is 5.67. The molecule has 136 valence electrons. The van der Waals surface area contributed by atoms with Gasteiger partial charge in [-0.3, -0.25) is 4.79 Å². The number of nitrogens with one attached hydrogen (secondary N) is 1. The van der Waals surface area contributed by atoms with E-state index in [2.05, 4.69) is 20.4 Å². The number of thiophene rings is 1. The predicted molar refractivity (Wildman–Crippen MR) is 98.1 cm³/mol. The van der Waals surface area contributed by atoms with Gasteiger partial charge in [-0.05, 0) is 42.2 Å². The van der Waals surface area contributed by atoms with Crippen molar-refractivity contribution >= 4 is 23.0 Å². The van der Waals surface area contributed by atoms with Crippen molar-refractivity contribution in [1.82, 2.24) is 24.9 Å². The van der Waals surface area contributed by atoms with Crippen molar-refractivity contribution in [1.29, 1.82) is 0 Å². The van der Waals surface area contributed by atoms with Crippen LogP contribution in [0, 0.1) is 5.92 Å². The number of amides is 1. The van der Waals surface area contributed by atoms with Crippen LogP contribution in [0.25, 0.3) is 5.78 Å². The molecule has 1 aliphatic rings. The summed E-state index contributed by atoms with van der Waals surface area (Å²) in [6.45, 7) is 4.09. The van der Waals surface area contributed by atoms with E-state index in [1.54, 1.807) is 21.9 Å². The number of nitrogens with zero attached hydrogens (tertiary/aromatic N) is 4. The fourth-order valence-electron chi connectivity index (χ4n) is 3.37. The minimum atomic E-state index is -0.266. The Bertz CT molecular complexity index is 915. The van der Waals surface area contributed by atoms with Crippen LogP contribution in [0.1, 0.15) is 59.7 Å². The number of aliphatic hydroxyl groups is 1. The van der Waals surface area contributed by atoms with E-state index >= 15 is 0 Å². The zero-order valence-corrected chi connectivity index (χ0v) is 15.5. The lowest BCUT2D eigenvalue weighted by atomic mass is 9.76. The van der Waals surface area contributed by atoms with Gasteiger partial charge in [-0.2, -0.15) is 10.1 Å². The zero-order valence-electron chi connectivity index (χ0n) is 14.7. The van der Waals surface area contributed by atoms with E-state index < -0.39 is 0 Å². The first-order valence-corrected chi connectivity index (χ1v) is 9.64. The Balaban J connectivity index is 1.63. The van der Waals surface area contributed by atoms with Gasteiger partial charge in [-0.25, -0.2) is 9.50 Å². The summed E-state index contributed by atoms with van der Waals surface area (Å²) in [5.74, 6) is 0.628. The van der Waals surface area contributed by atoms with E-state index in [0.29, 0.717) is 24.3 Å². The molecule has 1 atom stereocenters. The summed E-state index contributed by atoms with van der Waals surface area (Å²) in [7, 11) is 0. The highest BCUT2D eigenvalue weighted by Crippen LogP contribution is 2.39. The molecule has 0 saturated heterocycles. The molecule has 0 radical (unpaired) electrons. The number of carbonyl (C=O) groups excluding carboxylic acids is 1. The van der Waals surface area contributed by atoms with Gasteiger partial charge in [-0.15, -0.1) is 11.3 Å². The second kappa shape index (κ2) is 6.77. The maximum Gasteiger partial charge on any atom is 0.270 e. The number of fused-ring (bicyclic) bond motifs is 1. The molecule has 2 N–H and O–H groups in total. The Labute approximate surface area is 155 Å². The molecule has 0 aliphatic heterocycles. The summed E-state index contributed by atoms with van der Waals surface area (Å²) in [6.07, 6.45) is 2.59. The minimum Gasteiger partial charge on any atom is -0.393 e. The van der Waals surface area contributed by atoms with Gasteiger partial charge in [0.15, 0.2) is 0 Å². The predicted octanol–water partition coefficient (Wildman–Crippen LogP) is 2.55. The van der Waals surface area contributed by atoms with Crippen LogP contribution in [-0.4, -0.2) is 36.7 Å². The summed E-state index contributed by atoms with van der Waals surface area (Å²) in [4.78, 5) is 22.5. The second-order valence-corrected chi connectivity index (χ2v) is 8.02. The minimum absolute atomic E-state index is 0.107. The molecule has 0 spiro atoms. The molecule has 0 aromatic carbocycles. The van der Waals surface area contributed by atoms with Crippen LogP contribution in [-0.2, 0) is 0 Å². The fourth-order valence-corrected chi connectivity index (χ4v) is 4.24. The summed E-state index contributed by atoms with van der Waals surface area (Å²) >= 11 is 1.62. The Morgan fingerprint density at radius 3 is 2.88 bits per heavy atom. The van der Waals surface area contributed by atoms with Crippen LogP contribution in [0.3, 0.4) is 0 Å². The topological polar surface area (TPSA) is 92.4 Å². The number of carbonyl (C=O) groups is 1. The van der Waals surface area contributed by atoms with Crippen LogP contribution in [0.5, 0.6) is 0 Å². The zero-order chi connectivity index (χ0) is 18.3. The molecule has 0 unspecified atom stereocenters. The highest BCUT2D eigenvalue weighted by atomic mass is 32.1. The normalized spacial score (nSPS) is 20.9. The van der Waals surface area contributed by atoms with Gasteiger partial charge in [0.25, 0.3) is 11.7 Å². The molecular weight excluding hydrogens is 350 g/mol. The summed E-state index contributed by atoms with van der Waals surface area (Å²) in [5.41, 5.74) is 1.24. The van der Waals surface area contributed by atoms with E-state index in [1.807, 2.05) is 31.4 Å². The molecule has 1 aliphatic carbocycles. The lowest BCUT2D eigenvalue weighted by molar-refractivity contribution is 0.0240. The van der Waals surface area contributed by atoms with Crippen LogP contribution in [0.2, 0.25) is 0 Å². The number of aromatic nitrogens is 4. The lowest BCUT2D eigenvalue weighted by Gasteiger charge is -2.37. The van der Waals surface area contributed by atoms with E-state index in [0.717, 1.165) is 10.6 Å². The van der Waals surface area contributed by atoms with Crippen molar-refractivity contribution in [3.63, 3.8) is 0 Å². The van der Waals surface area contributed by atoms with Crippen LogP contribution < -0.4 is 5.32 Å². The molecule has 1 fully saturated rings. The molecule has 1 amide bonds. The third kappa shape index (κ3) is 3.10. The first-order chi connectivity index (χ1) is 12.5. The molecular formula is C18H21N5O2S. The quantitative estimate of drug-likeness (QED) is 0.719. The molecule has 4 rings (SSSR count). The summed E-state index contributed by atoms with van der Waals surface area (Å²) < 4.78 is 1.67. The Morgan fingerprint density at radius 1 is 1.42 bits per heavy atom. The lowest BCUT2D eigenvalue weighted by Crippen LogP contribution is -2.41. The van der Waals surface area contributed by atoms with Gasteiger partial charge >= 0.3 is 0 Å². The van der Waals surface area contributed by atoms with Crippen molar-refractivity contribution in [2.45, 2.75) is 44.8 Å². The maximum atomic E-state index is 12.9. The molecule has 3 aromatic heterocycles. The van der Waals surface area contributed by atoms with Gasteiger partial charge in [0.2, 0.25) is 0 Å². The number of hydrogen-bond donors (Lipinski definition) is 2. The largest absolute Gasteiger partial charge is 0.393 e. The fraction of sp³-hybridized carbons (Fsp3) is 0.444. The molecule has 26 heavy (non-hydrogen) atoms. The van der Waals surface area contributed by atoms with Gasteiger partial charge in [-0.1, -0.05) is 19.9 Å². The standard InChI is InChI=1S/C18H21N5O2S/c1-10(2)14-8-13(21-18-19-9-20-23(14)18)17(25)22-16(11-6-12(24)7-11)15-4-3-5-26-15/h3-5,8-12,16,24H,6-7H2,1-2H3,(H,22,25)/t11?,12?,16-/m0/s1. The first-order valence-electron chi connectivity index (χ1n) is 8.76. The van der Waals surface area contributed by atoms with Gasteiger partial charge in [0.05, 0.1) is 17.8 Å². The molecule has 8 heteroatoms. The average molecular weight is 371 g/mol. The SMILES string of the molecule is CC(C)c1cc(C(=O)N[C@H](c2cccs2)C2CC(O)C2)nc2ncnn12. The van der Waals surface area contributed by atoms with E-state index in [-0.39, 0.29) is 29.9 Å². The van der Waals surface area contributed by atoms with Gasteiger partial charge in [0, 0.05) is 4.88 Å². The maximum absolute atomic E-state index is 12.9. The van der Waals surface area contributed by atoms with Crippen molar-refractivity contribution < 1.29 is 9.90 Å². The van der Waals surface area contributed by atoms with Crippen molar-refractivity contribution in [2.24, 2.45) is 5.92 Å². The van der Waals surface area contributed by atoms with Gasteiger partial charge in [0.1, 0.15) is 12.0 Å². The first kappa shape index (κ1) is 17.1. The number of rotatable bonds is 5. The highest BCUT2D eigenvalue weighted by Gasteiger charge is 2.36. The van der Waals surface area contributed by atoms with E-state index in [1.165, 1.54) is 6.33 Å². The van der Waals surface area contributed by atoms with Crippen molar-refractivity contribution in [2.75, 3.05) is 0 Å². The molecule has 1 saturated carbocycles. The highest BCUT2D eigenvalue weighted by molar-refractivity contribution is 7.10. The number of hydrogen-bond acceptors (Lipinski definition) is 6. The van der Waals surface area contributed by atoms with Crippen LogP contribution in [0.15, 0.2) is 29.9 Å². The molecule has 7 nitrogen and oxygen atoms in total. The molecule has 0 bridgehead atoms. The molecule has 3 aromatic rings. The van der Waals surface area contributed by atoms with Crippen LogP contribution in [0.4, 0.5) is 0 Å². The molecule has 3 heterocycles. The monoisotopic (exact) mass is 371 g/mol. The second-order valence-electron chi connectivity index (χ2n) is 7.04. The third-order valence-corrected chi connectivity index (χ3v) is 5.82. The van der Waals surface area contributed by atoms with Gasteiger partial charge < -0.3 is 10.4 Å². The number of aliphatic hydroxyl groups excluding tert-OH is 1. The smallest absolute Gasteiger partial charge is 0.270 e. The Morgan fingerprint density at radius 2 is 2.23 bits per heavy atom. The Hall–Kier alpha value is -2.32. The van der Waals surface area contributed by atoms with E-state index in [4.69, 9.17) is 0 Å². The van der Waals surface area contributed by atoms with Crippen molar-refractivity contribution in [3.05, 3.63) is 46.2 Å². The summed E-state index contributed by atoms with van der Waals surface area (Å²) in [5, 5.41) is 19.0. The average Bonchev–Trinajstić information content (AvgIpc) is 3.26. The third-order valence-electron chi connectivity index (χ3n) is 4.86. The van der Waals surface area contributed by atoms with E-state index in [9.17, 15) is 9.90 Å². The van der Waals surface area contributed by atoms with Crippen molar-refractivity contribution in [3.8, 4) is 0 Å².